The standard InChI is InChI=1S/C18H22N4O3/c1-21(13-5-3-2-4-6-13)18(25)22-10-15(20-11-22)12-7-8-16(23)14(9-12)17(19)24/h7-11,13,23H,2-6H2,1H3,(H2,19,24). The molecule has 1 heterocycles. The van der Waals surface area contributed by atoms with E-state index in [9.17, 15) is 14.7 Å². The maximum atomic E-state index is 12.7. The highest BCUT2D eigenvalue weighted by molar-refractivity contribution is 5.96. The zero-order chi connectivity index (χ0) is 18.0. The van der Waals surface area contributed by atoms with E-state index in [-0.39, 0.29) is 23.4 Å². The highest BCUT2D eigenvalue weighted by Gasteiger charge is 2.23. The van der Waals surface area contributed by atoms with Crippen LogP contribution in [0.1, 0.15) is 42.5 Å². The Bertz CT molecular complexity index is 793. The van der Waals surface area contributed by atoms with Crippen LogP contribution in [0, 0.1) is 0 Å². The van der Waals surface area contributed by atoms with Crippen LogP contribution in [-0.2, 0) is 0 Å². The third-order valence-corrected chi connectivity index (χ3v) is 4.79. The van der Waals surface area contributed by atoms with Gasteiger partial charge in [-0.25, -0.2) is 9.78 Å². The van der Waals surface area contributed by atoms with Crippen LogP contribution < -0.4 is 5.73 Å². The molecule has 25 heavy (non-hydrogen) atoms. The second-order valence-electron chi connectivity index (χ2n) is 6.45. The number of carbonyl (C=O) groups excluding carboxylic acids is 2. The molecule has 1 aliphatic rings. The molecule has 1 saturated carbocycles. The molecule has 7 nitrogen and oxygen atoms in total. The van der Waals surface area contributed by atoms with Gasteiger partial charge in [-0.15, -0.1) is 0 Å². The van der Waals surface area contributed by atoms with E-state index in [1.807, 2.05) is 7.05 Å². The Morgan fingerprint density at radius 2 is 2.00 bits per heavy atom. The Morgan fingerprint density at radius 1 is 1.28 bits per heavy atom. The quantitative estimate of drug-likeness (QED) is 0.895. The molecular formula is C18H22N4O3. The Morgan fingerprint density at radius 3 is 2.68 bits per heavy atom. The Balaban J connectivity index is 1.81. The summed E-state index contributed by atoms with van der Waals surface area (Å²) in [5.74, 6) is -0.893. The van der Waals surface area contributed by atoms with Gasteiger partial charge in [0.05, 0.1) is 11.3 Å². The van der Waals surface area contributed by atoms with Crippen molar-refractivity contribution in [3.8, 4) is 17.0 Å². The van der Waals surface area contributed by atoms with Gasteiger partial charge in [0, 0.05) is 24.8 Å². The maximum Gasteiger partial charge on any atom is 0.329 e. The number of rotatable bonds is 3. The zero-order valence-electron chi connectivity index (χ0n) is 14.2. The first-order chi connectivity index (χ1) is 12.0. The fraction of sp³-hybridized carbons (Fsp3) is 0.389. The van der Waals surface area contributed by atoms with Gasteiger partial charge in [0.1, 0.15) is 12.1 Å². The van der Waals surface area contributed by atoms with Crippen LogP contribution in [0.3, 0.4) is 0 Å². The first-order valence-electron chi connectivity index (χ1n) is 8.41. The average molecular weight is 342 g/mol. The van der Waals surface area contributed by atoms with Crippen LogP contribution in [0.5, 0.6) is 5.75 Å². The number of hydrogen-bond donors (Lipinski definition) is 2. The van der Waals surface area contributed by atoms with E-state index in [1.165, 1.54) is 29.4 Å². The Labute approximate surface area is 146 Å². The molecule has 2 aromatic rings. The molecule has 2 amide bonds. The number of amides is 2. The summed E-state index contributed by atoms with van der Waals surface area (Å²) in [5, 5.41) is 9.68. The van der Waals surface area contributed by atoms with Gasteiger partial charge in [-0.3, -0.25) is 9.36 Å². The summed E-state index contributed by atoms with van der Waals surface area (Å²) in [5.41, 5.74) is 6.42. The van der Waals surface area contributed by atoms with E-state index in [0.29, 0.717) is 11.3 Å². The van der Waals surface area contributed by atoms with Crippen molar-refractivity contribution in [2.45, 2.75) is 38.1 Å². The topological polar surface area (TPSA) is 101 Å². The number of phenols is 1. The number of aromatic nitrogens is 2. The molecule has 0 spiro atoms. The summed E-state index contributed by atoms with van der Waals surface area (Å²) in [6, 6.07) is 4.63. The largest absolute Gasteiger partial charge is 0.507 e. The van der Waals surface area contributed by atoms with E-state index in [2.05, 4.69) is 4.98 Å². The highest BCUT2D eigenvalue weighted by atomic mass is 16.3. The van der Waals surface area contributed by atoms with Crippen LogP contribution >= 0.6 is 0 Å². The fourth-order valence-electron chi connectivity index (χ4n) is 3.28. The number of benzene rings is 1. The van der Waals surface area contributed by atoms with Gasteiger partial charge in [-0.1, -0.05) is 19.3 Å². The van der Waals surface area contributed by atoms with E-state index < -0.39 is 5.91 Å². The lowest BCUT2D eigenvalue weighted by Gasteiger charge is -2.31. The molecule has 0 atom stereocenters. The smallest absolute Gasteiger partial charge is 0.329 e. The molecule has 0 unspecified atom stereocenters. The van der Waals surface area contributed by atoms with E-state index >= 15 is 0 Å². The van der Waals surface area contributed by atoms with Gasteiger partial charge in [0.25, 0.3) is 5.91 Å². The van der Waals surface area contributed by atoms with Gasteiger partial charge >= 0.3 is 6.03 Å². The lowest BCUT2D eigenvalue weighted by atomic mass is 9.95. The molecule has 0 saturated heterocycles. The van der Waals surface area contributed by atoms with Crippen LogP contribution in [-0.4, -0.2) is 44.6 Å². The molecular weight excluding hydrogens is 320 g/mol. The molecule has 1 aromatic heterocycles. The summed E-state index contributed by atoms with van der Waals surface area (Å²) < 4.78 is 1.45. The lowest BCUT2D eigenvalue weighted by molar-refractivity contribution is 0.0997. The van der Waals surface area contributed by atoms with Crippen molar-refractivity contribution in [3.05, 3.63) is 36.3 Å². The molecule has 7 heteroatoms. The summed E-state index contributed by atoms with van der Waals surface area (Å²) in [7, 11) is 1.82. The molecule has 1 aromatic carbocycles. The van der Waals surface area contributed by atoms with Crippen molar-refractivity contribution in [3.63, 3.8) is 0 Å². The van der Waals surface area contributed by atoms with Crippen molar-refractivity contribution in [2.75, 3.05) is 7.05 Å². The maximum absolute atomic E-state index is 12.7. The number of nitrogens with zero attached hydrogens (tertiary/aromatic N) is 3. The van der Waals surface area contributed by atoms with Crippen LogP contribution in [0.2, 0.25) is 0 Å². The van der Waals surface area contributed by atoms with Crippen molar-refractivity contribution in [2.24, 2.45) is 5.73 Å². The van der Waals surface area contributed by atoms with Crippen LogP contribution in [0.15, 0.2) is 30.7 Å². The van der Waals surface area contributed by atoms with Gasteiger partial charge in [0.2, 0.25) is 0 Å². The van der Waals surface area contributed by atoms with E-state index in [1.54, 1.807) is 17.2 Å². The van der Waals surface area contributed by atoms with E-state index in [0.717, 1.165) is 25.7 Å². The van der Waals surface area contributed by atoms with Crippen molar-refractivity contribution >= 4 is 11.9 Å². The van der Waals surface area contributed by atoms with Gasteiger partial charge in [-0.2, -0.15) is 0 Å². The van der Waals surface area contributed by atoms with Crippen molar-refractivity contribution in [1.29, 1.82) is 0 Å². The summed E-state index contributed by atoms with van der Waals surface area (Å²) in [6.07, 6.45) is 8.69. The third-order valence-electron chi connectivity index (χ3n) is 4.79. The molecule has 0 aliphatic heterocycles. The zero-order valence-corrected chi connectivity index (χ0v) is 14.2. The molecule has 3 N–H and O–H groups in total. The normalized spacial score (nSPS) is 15.1. The predicted octanol–water partition coefficient (Wildman–Crippen LogP) is 2.59. The first kappa shape index (κ1) is 17.0. The second kappa shape index (κ2) is 6.96. The minimum absolute atomic E-state index is 0.0256. The minimum atomic E-state index is -0.716. The number of hydrogen-bond acceptors (Lipinski definition) is 4. The number of primary amides is 1. The third kappa shape index (κ3) is 3.50. The number of aromatic hydroxyl groups is 1. The number of nitrogens with two attached hydrogens (primary N) is 1. The summed E-state index contributed by atoms with van der Waals surface area (Å²) in [6.45, 7) is 0. The molecule has 1 aliphatic carbocycles. The van der Waals surface area contributed by atoms with Crippen molar-refractivity contribution < 1.29 is 14.7 Å². The minimum Gasteiger partial charge on any atom is -0.507 e. The highest BCUT2D eigenvalue weighted by Crippen LogP contribution is 2.25. The summed E-state index contributed by atoms with van der Waals surface area (Å²) in [4.78, 5) is 30.0. The van der Waals surface area contributed by atoms with Gasteiger partial charge < -0.3 is 15.7 Å². The van der Waals surface area contributed by atoms with Gasteiger partial charge in [-0.05, 0) is 31.0 Å². The van der Waals surface area contributed by atoms with Gasteiger partial charge in [0.15, 0.2) is 0 Å². The van der Waals surface area contributed by atoms with Crippen LogP contribution in [0.25, 0.3) is 11.3 Å². The Kier molecular flexibility index (Phi) is 4.74. The number of imidazole rings is 1. The van der Waals surface area contributed by atoms with E-state index in [4.69, 9.17) is 5.73 Å². The SMILES string of the molecule is CN(C(=O)n1cnc(-c2ccc(O)c(C(N)=O)c2)c1)C1CCCCC1. The lowest BCUT2D eigenvalue weighted by Crippen LogP contribution is -2.40. The predicted molar refractivity (Wildman–Crippen MR) is 93.3 cm³/mol. The molecule has 132 valence electrons. The van der Waals surface area contributed by atoms with Crippen LogP contribution in [0.4, 0.5) is 4.79 Å². The Hall–Kier alpha value is -2.83. The molecule has 1 fully saturated rings. The molecule has 3 rings (SSSR count). The summed E-state index contributed by atoms with van der Waals surface area (Å²) >= 11 is 0. The fourth-order valence-corrected chi connectivity index (χ4v) is 3.28. The molecule has 0 bridgehead atoms. The van der Waals surface area contributed by atoms with Crippen molar-refractivity contribution in [1.82, 2.24) is 14.5 Å². The molecule has 0 radical (unpaired) electrons. The monoisotopic (exact) mass is 342 g/mol. The number of carbonyl (C=O) groups is 2. The first-order valence-corrected chi connectivity index (χ1v) is 8.41. The average Bonchev–Trinajstić information content (AvgIpc) is 3.11. The second-order valence-corrected chi connectivity index (χ2v) is 6.45.